The SMILES string of the molecule is BrOc1cc2cc[nH]c2cc1OBr. The van der Waals surface area contributed by atoms with E-state index in [0.29, 0.717) is 11.5 Å². The van der Waals surface area contributed by atoms with E-state index in [1.54, 1.807) is 0 Å². The quantitative estimate of drug-likeness (QED) is 0.921. The van der Waals surface area contributed by atoms with Crippen molar-refractivity contribution in [1.29, 1.82) is 0 Å². The Kier molecular flexibility index (Phi) is 2.46. The highest BCUT2D eigenvalue weighted by Gasteiger charge is 2.07. The van der Waals surface area contributed by atoms with Gasteiger partial charge >= 0.3 is 0 Å². The average molecular weight is 307 g/mol. The predicted octanol–water partition coefficient (Wildman–Crippen LogP) is 3.55. The smallest absolute Gasteiger partial charge is 0.181 e. The lowest BCUT2D eigenvalue weighted by atomic mass is 10.2. The largest absolute Gasteiger partial charge is 0.414 e. The van der Waals surface area contributed by atoms with Crippen molar-refractivity contribution >= 4 is 43.4 Å². The number of rotatable bonds is 2. The topological polar surface area (TPSA) is 34.2 Å². The normalized spacial score (nSPS) is 10.3. The first kappa shape index (κ1) is 8.90. The van der Waals surface area contributed by atoms with Gasteiger partial charge in [-0.15, -0.1) is 0 Å². The van der Waals surface area contributed by atoms with Crippen LogP contribution in [0.1, 0.15) is 0 Å². The van der Waals surface area contributed by atoms with E-state index in [2.05, 4.69) is 37.5 Å². The molecule has 0 bridgehead atoms. The van der Waals surface area contributed by atoms with Gasteiger partial charge in [0.25, 0.3) is 0 Å². The number of aromatic amines is 1. The zero-order valence-electron chi connectivity index (χ0n) is 6.38. The van der Waals surface area contributed by atoms with Crippen LogP contribution in [0.15, 0.2) is 24.4 Å². The van der Waals surface area contributed by atoms with Gasteiger partial charge in [-0.3, -0.25) is 0 Å². The van der Waals surface area contributed by atoms with Gasteiger partial charge in [-0.05, 0) is 12.1 Å². The lowest BCUT2D eigenvalue weighted by Gasteiger charge is -2.03. The summed E-state index contributed by atoms with van der Waals surface area (Å²) in [6.45, 7) is 0. The Balaban J connectivity index is 2.67. The molecule has 5 heteroatoms. The number of aromatic nitrogens is 1. The Labute approximate surface area is 91.9 Å². The summed E-state index contributed by atoms with van der Waals surface area (Å²) in [7, 11) is 0. The van der Waals surface area contributed by atoms with E-state index in [9.17, 15) is 0 Å². The molecular weight excluding hydrogens is 302 g/mol. The molecule has 1 aromatic carbocycles. The molecule has 0 spiro atoms. The maximum Gasteiger partial charge on any atom is 0.181 e. The number of fused-ring (bicyclic) bond motifs is 1. The van der Waals surface area contributed by atoms with Crippen molar-refractivity contribution in [3.8, 4) is 11.5 Å². The maximum atomic E-state index is 4.96. The minimum Gasteiger partial charge on any atom is -0.414 e. The van der Waals surface area contributed by atoms with E-state index < -0.39 is 0 Å². The molecule has 0 saturated heterocycles. The zero-order valence-corrected chi connectivity index (χ0v) is 9.55. The van der Waals surface area contributed by atoms with Crippen LogP contribution in [-0.2, 0) is 0 Å². The van der Waals surface area contributed by atoms with Crippen LogP contribution in [-0.4, -0.2) is 4.98 Å². The zero-order chi connectivity index (χ0) is 9.26. The average Bonchev–Trinajstić information content (AvgIpc) is 2.62. The Bertz CT molecular complexity index is 389. The fourth-order valence-corrected chi connectivity index (χ4v) is 1.69. The van der Waals surface area contributed by atoms with Gasteiger partial charge in [0.1, 0.15) is 0 Å². The van der Waals surface area contributed by atoms with Gasteiger partial charge in [-0.2, -0.15) is 0 Å². The van der Waals surface area contributed by atoms with Crippen molar-refractivity contribution < 1.29 is 7.66 Å². The molecule has 0 radical (unpaired) electrons. The fourth-order valence-electron chi connectivity index (χ4n) is 1.18. The second-order valence-corrected chi connectivity index (χ2v) is 3.17. The second kappa shape index (κ2) is 3.59. The van der Waals surface area contributed by atoms with E-state index in [1.807, 2.05) is 24.4 Å². The number of hydrogen-bond acceptors (Lipinski definition) is 2. The van der Waals surface area contributed by atoms with Crippen molar-refractivity contribution in [3.63, 3.8) is 0 Å². The molecule has 68 valence electrons. The lowest BCUT2D eigenvalue weighted by molar-refractivity contribution is 0.601. The van der Waals surface area contributed by atoms with Crippen LogP contribution < -0.4 is 7.66 Å². The fraction of sp³-hybridized carbons (Fsp3) is 0. The molecule has 1 heterocycles. The Hall–Kier alpha value is -0.680. The van der Waals surface area contributed by atoms with Crippen LogP contribution in [0.3, 0.4) is 0 Å². The molecule has 13 heavy (non-hydrogen) atoms. The minimum absolute atomic E-state index is 0.617. The summed E-state index contributed by atoms with van der Waals surface area (Å²) in [5.41, 5.74) is 1.00. The third-order valence-electron chi connectivity index (χ3n) is 1.78. The summed E-state index contributed by atoms with van der Waals surface area (Å²) in [4.78, 5) is 3.07. The van der Waals surface area contributed by atoms with Crippen LogP contribution in [0.5, 0.6) is 11.5 Å². The molecule has 0 aliphatic rings. The van der Waals surface area contributed by atoms with E-state index in [1.165, 1.54) is 0 Å². The van der Waals surface area contributed by atoms with E-state index in [0.717, 1.165) is 10.9 Å². The van der Waals surface area contributed by atoms with Gasteiger partial charge in [-0.25, -0.2) is 0 Å². The molecule has 2 rings (SSSR count). The molecule has 0 fully saturated rings. The van der Waals surface area contributed by atoms with Crippen molar-refractivity contribution in [2.45, 2.75) is 0 Å². The first-order valence-electron chi connectivity index (χ1n) is 3.53. The number of hydrogen-bond donors (Lipinski definition) is 1. The summed E-state index contributed by atoms with van der Waals surface area (Å²) in [5.74, 6) is 1.25. The van der Waals surface area contributed by atoms with Gasteiger partial charge in [0, 0.05) is 23.2 Å². The van der Waals surface area contributed by atoms with Crippen molar-refractivity contribution in [2.24, 2.45) is 0 Å². The molecule has 0 aliphatic carbocycles. The van der Waals surface area contributed by atoms with Crippen LogP contribution in [0, 0.1) is 0 Å². The number of benzene rings is 1. The Morgan fingerprint density at radius 1 is 1.08 bits per heavy atom. The standard InChI is InChI=1S/C8H5Br2NO2/c9-12-7-3-5-1-2-11-6(5)4-8(7)13-10/h1-4,11H. The van der Waals surface area contributed by atoms with E-state index in [4.69, 9.17) is 7.66 Å². The molecule has 0 aliphatic heterocycles. The molecule has 1 N–H and O–H groups in total. The molecule has 2 aromatic rings. The molecular formula is C8H5Br2NO2. The predicted molar refractivity (Wildman–Crippen MR) is 57.4 cm³/mol. The summed E-state index contributed by atoms with van der Waals surface area (Å²) < 4.78 is 9.91. The molecule has 0 atom stereocenters. The summed E-state index contributed by atoms with van der Waals surface area (Å²) in [6, 6.07) is 5.68. The summed E-state index contributed by atoms with van der Waals surface area (Å²) in [5, 5.41) is 1.07. The highest BCUT2D eigenvalue weighted by molar-refractivity contribution is 9.06. The van der Waals surface area contributed by atoms with Crippen molar-refractivity contribution in [2.75, 3.05) is 0 Å². The second-order valence-electron chi connectivity index (χ2n) is 2.52. The highest BCUT2D eigenvalue weighted by Crippen LogP contribution is 2.33. The molecule has 3 nitrogen and oxygen atoms in total. The van der Waals surface area contributed by atoms with Crippen molar-refractivity contribution in [3.05, 3.63) is 24.4 Å². The highest BCUT2D eigenvalue weighted by atomic mass is 79.9. The molecule has 1 aromatic heterocycles. The Morgan fingerprint density at radius 3 is 2.46 bits per heavy atom. The monoisotopic (exact) mass is 305 g/mol. The number of halogens is 2. The lowest BCUT2D eigenvalue weighted by Crippen LogP contribution is -1.81. The molecule has 0 unspecified atom stereocenters. The summed E-state index contributed by atoms with van der Waals surface area (Å²) in [6.07, 6.45) is 1.86. The maximum absolute atomic E-state index is 4.96. The van der Waals surface area contributed by atoms with Crippen LogP contribution in [0.4, 0.5) is 0 Å². The number of H-pyrrole nitrogens is 1. The summed E-state index contributed by atoms with van der Waals surface area (Å²) >= 11 is 5.82. The first-order chi connectivity index (χ1) is 6.35. The van der Waals surface area contributed by atoms with Gasteiger partial charge < -0.3 is 12.6 Å². The number of nitrogens with one attached hydrogen (secondary N) is 1. The van der Waals surface area contributed by atoms with Crippen LogP contribution >= 0.6 is 32.5 Å². The first-order valence-corrected chi connectivity index (χ1v) is 4.83. The van der Waals surface area contributed by atoms with Crippen LogP contribution in [0.2, 0.25) is 0 Å². The Morgan fingerprint density at radius 2 is 1.77 bits per heavy atom. The van der Waals surface area contributed by atoms with Crippen molar-refractivity contribution in [1.82, 2.24) is 4.98 Å². The van der Waals surface area contributed by atoms with Gasteiger partial charge in [0.2, 0.25) is 0 Å². The van der Waals surface area contributed by atoms with Gasteiger partial charge in [0.15, 0.2) is 44.0 Å². The third kappa shape index (κ3) is 1.53. The molecule has 0 saturated carbocycles. The third-order valence-corrected chi connectivity index (χ3v) is 2.48. The van der Waals surface area contributed by atoms with E-state index >= 15 is 0 Å². The van der Waals surface area contributed by atoms with E-state index in [-0.39, 0.29) is 0 Å². The van der Waals surface area contributed by atoms with Gasteiger partial charge in [0.05, 0.1) is 0 Å². The minimum atomic E-state index is 0.617. The van der Waals surface area contributed by atoms with Gasteiger partial charge in [-0.1, -0.05) is 0 Å². The molecule has 0 amide bonds. The van der Waals surface area contributed by atoms with Crippen LogP contribution in [0.25, 0.3) is 10.9 Å².